The SMILES string of the molecule is COC1CNC(c2ccccc2C2CC2)C1. The van der Waals surface area contributed by atoms with Crippen LogP contribution in [0.3, 0.4) is 0 Å². The molecular formula is C14H19NO. The number of hydrogen-bond donors (Lipinski definition) is 1. The molecule has 2 nitrogen and oxygen atoms in total. The van der Waals surface area contributed by atoms with Gasteiger partial charge in [-0.15, -0.1) is 0 Å². The highest BCUT2D eigenvalue weighted by Crippen LogP contribution is 2.43. The zero-order valence-electron chi connectivity index (χ0n) is 9.78. The molecule has 2 aliphatic rings. The van der Waals surface area contributed by atoms with Crippen molar-refractivity contribution in [1.82, 2.24) is 5.32 Å². The smallest absolute Gasteiger partial charge is 0.0714 e. The van der Waals surface area contributed by atoms with Crippen LogP contribution in [0.2, 0.25) is 0 Å². The highest BCUT2D eigenvalue weighted by atomic mass is 16.5. The Morgan fingerprint density at radius 1 is 1.19 bits per heavy atom. The number of nitrogens with one attached hydrogen (secondary N) is 1. The van der Waals surface area contributed by atoms with E-state index in [0.717, 1.165) is 18.9 Å². The second-order valence-electron chi connectivity index (χ2n) is 4.96. The number of hydrogen-bond acceptors (Lipinski definition) is 2. The maximum absolute atomic E-state index is 5.42. The van der Waals surface area contributed by atoms with Gasteiger partial charge in [-0.2, -0.15) is 0 Å². The molecule has 0 spiro atoms. The van der Waals surface area contributed by atoms with Crippen LogP contribution >= 0.6 is 0 Å². The lowest BCUT2D eigenvalue weighted by molar-refractivity contribution is 0.117. The van der Waals surface area contributed by atoms with Gasteiger partial charge in [-0.05, 0) is 36.3 Å². The molecular weight excluding hydrogens is 198 g/mol. The Bertz CT molecular complexity index is 373. The minimum Gasteiger partial charge on any atom is -0.380 e. The molecule has 1 saturated carbocycles. The average Bonchev–Trinajstić information content (AvgIpc) is 3.07. The van der Waals surface area contributed by atoms with Gasteiger partial charge in [0.25, 0.3) is 0 Å². The Morgan fingerprint density at radius 2 is 1.94 bits per heavy atom. The fraction of sp³-hybridized carbons (Fsp3) is 0.571. The predicted octanol–water partition coefficient (Wildman–Crippen LogP) is 2.61. The quantitative estimate of drug-likeness (QED) is 0.840. The van der Waals surface area contributed by atoms with E-state index >= 15 is 0 Å². The van der Waals surface area contributed by atoms with Gasteiger partial charge in [-0.25, -0.2) is 0 Å². The summed E-state index contributed by atoms with van der Waals surface area (Å²) in [5.74, 6) is 0.833. The van der Waals surface area contributed by atoms with Gasteiger partial charge in [0.05, 0.1) is 6.10 Å². The third-order valence-electron chi connectivity index (χ3n) is 3.81. The molecule has 2 heteroatoms. The minimum atomic E-state index is 0.386. The summed E-state index contributed by atoms with van der Waals surface area (Å²) in [6.07, 6.45) is 4.24. The molecule has 0 aromatic heterocycles. The Morgan fingerprint density at radius 3 is 2.56 bits per heavy atom. The van der Waals surface area contributed by atoms with E-state index in [-0.39, 0.29) is 0 Å². The van der Waals surface area contributed by atoms with Crippen molar-refractivity contribution in [3.63, 3.8) is 0 Å². The summed E-state index contributed by atoms with van der Waals surface area (Å²) in [5, 5.41) is 3.57. The zero-order chi connectivity index (χ0) is 11.0. The maximum Gasteiger partial charge on any atom is 0.0714 e. The van der Waals surface area contributed by atoms with Crippen LogP contribution in [0.5, 0.6) is 0 Å². The van der Waals surface area contributed by atoms with Crippen molar-refractivity contribution in [2.45, 2.75) is 37.3 Å². The summed E-state index contributed by atoms with van der Waals surface area (Å²) < 4.78 is 5.42. The third kappa shape index (κ3) is 1.87. The van der Waals surface area contributed by atoms with E-state index in [0.29, 0.717) is 12.1 Å². The summed E-state index contributed by atoms with van der Waals surface area (Å²) in [6.45, 7) is 0.986. The molecule has 0 bridgehead atoms. The van der Waals surface area contributed by atoms with Crippen molar-refractivity contribution < 1.29 is 4.74 Å². The summed E-state index contributed by atoms with van der Waals surface area (Å²) in [4.78, 5) is 0. The molecule has 2 unspecified atom stereocenters. The standard InChI is InChI=1S/C14H19NO/c1-16-11-8-14(15-9-11)13-5-3-2-4-12(13)10-6-7-10/h2-5,10-11,14-15H,6-9H2,1H3. The van der Waals surface area contributed by atoms with Crippen LogP contribution in [0.1, 0.15) is 42.3 Å². The molecule has 1 aromatic carbocycles. The predicted molar refractivity (Wildman–Crippen MR) is 64.6 cm³/mol. The molecule has 0 radical (unpaired) electrons. The summed E-state index contributed by atoms with van der Waals surface area (Å²) in [5.41, 5.74) is 3.07. The van der Waals surface area contributed by atoms with E-state index in [1.165, 1.54) is 18.4 Å². The lowest BCUT2D eigenvalue weighted by Crippen LogP contribution is -2.16. The number of methoxy groups -OCH3 is 1. The van der Waals surface area contributed by atoms with Crippen LogP contribution < -0.4 is 5.32 Å². The molecule has 16 heavy (non-hydrogen) atoms. The van der Waals surface area contributed by atoms with Gasteiger partial charge < -0.3 is 10.1 Å². The van der Waals surface area contributed by atoms with E-state index in [2.05, 4.69) is 29.6 Å². The number of ether oxygens (including phenoxy) is 1. The molecule has 0 amide bonds. The van der Waals surface area contributed by atoms with Crippen LogP contribution in [0, 0.1) is 0 Å². The fourth-order valence-electron chi connectivity index (χ4n) is 2.71. The van der Waals surface area contributed by atoms with Gasteiger partial charge >= 0.3 is 0 Å². The van der Waals surface area contributed by atoms with Crippen molar-refractivity contribution in [2.75, 3.05) is 13.7 Å². The van der Waals surface area contributed by atoms with Crippen LogP contribution in [0.25, 0.3) is 0 Å². The molecule has 2 atom stereocenters. The van der Waals surface area contributed by atoms with Gasteiger partial charge in [-0.1, -0.05) is 24.3 Å². The molecule has 2 fully saturated rings. The highest BCUT2D eigenvalue weighted by molar-refractivity contribution is 5.36. The molecule has 1 aliphatic carbocycles. The largest absolute Gasteiger partial charge is 0.380 e. The summed E-state index contributed by atoms with van der Waals surface area (Å²) in [6, 6.07) is 9.41. The first-order valence-electron chi connectivity index (χ1n) is 6.23. The molecule has 1 heterocycles. The van der Waals surface area contributed by atoms with E-state index < -0.39 is 0 Å². The normalized spacial score (nSPS) is 29.6. The third-order valence-corrected chi connectivity index (χ3v) is 3.81. The van der Waals surface area contributed by atoms with E-state index in [1.54, 1.807) is 5.56 Å². The van der Waals surface area contributed by atoms with Gasteiger partial charge in [0.1, 0.15) is 0 Å². The van der Waals surface area contributed by atoms with Crippen LogP contribution in [-0.4, -0.2) is 19.8 Å². The van der Waals surface area contributed by atoms with Crippen molar-refractivity contribution in [3.8, 4) is 0 Å². The van der Waals surface area contributed by atoms with Crippen LogP contribution in [0.15, 0.2) is 24.3 Å². The van der Waals surface area contributed by atoms with Gasteiger partial charge in [0.2, 0.25) is 0 Å². The first kappa shape index (κ1) is 10.3. The second-order valence-corrected chi connectivity index (χ2v) is 4.96. The lowest BCUT2D eigenvalue weighted by atomic mass is 9.96. The van der Waals surface area contributed by atoms with Crippen molar-refractivity contribution >= 4 is 0 Å². The minimum absolute atomic E-state index is 0.386. The second kappa shape index (κ2) is 4.19. The Balaban J connectivity index is 1.83. The molecule has 1 saturated heterocycles. The monoisotopic (exact) mass is 217 g/mol. The van der Waals surface area contributed by atoms with Gasteiger partial charge in [0.15, 0.2) is 0 Å². The van der Waals surface area contributed by atoms with E-state index in [1.807, 2.05) is 7.11 Å². The van der Waals surface area contributed by atoms with Gasteiger partial charge in [-0.3, -0.25) is 0 Å². The Kier molecular flexibility index (Phi) is 2.70. The molecule has 1 aromatic rings. The number of benzene rings is 1. The first-order chi connectivity index (χ1) is 7.88. The molecule has 1 N–H and O–H groups in total. The zero-order valence-corrected chi connectivity index (χ0v) is 9.78. The molecule has 3 rings (SSSR count). The lowest BCUT2D eigenvalue weighted by Gasteiger charge is -2.15. The Hall–Kier alpha value is -0.860. The van der Waals surface area contributed by atoms with Crippen molar-refractivity contribution in [1.29, 1.82) is 0 Å². The highest BCUT2D eigenvalue weighted by Gasteiger charge is 2.31. The van der Waals surface area contributed by atoms with Crippen molar-refractivity contribution in [3.05, 3.63) is 35.4 Å². The topological polar surface area (TPSA) is 21.3 Å². The summed E-state index contributed by atoms with van der Waals surface area (Å²) >= 11 is 0. The van der Waals surface area contributed by atoms with E-state index in [9.17, 15) is 0 Å². The van der Waals surface area contributed by atoms with Gasteiger partial charge in [0, 0.05) is 19.7 Å². The molecule has 1 aliphatic heterocycles. The summed E-state index contributed by atoms with van der Waals surface area (Å²) in [7, 11) is 1.81. The Labute approximate surface area is 97.0 Å². The number of rotatable bonds is 3. The maximum atomic E-state index is 5.42. The molecule has 86 valence electrons. The van der Waals surface area contributed by atoms with E-state index in [4.69, 9.17) is 4.74 Å². The van der Waals surface area contributed by atoms with Crippen molar-refractivity contribution in [2.24, 2.45) is 0 Å². The average molecular weight is 217 g/mol. The van der Waals surface area contributed by atoms with Crippen LogP contribution in [0.4, 0.5) is 0 Å². The van der Waals surface area contributed by atoms with Crippen LogP contribution in [-0.2, 0) is 4.74 Å². The first-order valence-corrected chi connectivity index (χ1v) is 6.23. The fourth-order valence-corrected chi connectivity index (χ4v) is 2.71.